The molecular weight excluding hydrogens is 346 g/mol. The number of carbonyl (C=O) groups is 2. The molecule has 140 valence electrons. The van der Waals surface area contributed by atoms with E-state index in [4.69, 9.17) is 14.2 Å². The fourth-order valence-corrected chi connectivity index (χ4v) is 2.43. The molecule has 10 nitrogen and oxygen atoms in total. The Hall–Kier alpha value is -3.30. The lowest BCUT2D eigenvalue weighted by atomic mass is 10.0. The summed E-state index contributed by atoms with van der Waals surface area (Å²) in [6.45, 7) is 3.20. The number of methoxy groups -OCH3 is 1. The van der Waals surface area contributed by atoms with E-state index in [2.05, 4.69) is 10.6 Å². The lowest BCUT2D eigenvalue weighted by molar-refractivity contribution is -0.385. The highest BCUT2D eigenvalue weighted by molar-refractivity contribution is 5.94. The highest BCUT2D eigenvalue weighted by Gasteiger charge is 2.30. The van der Waals surface area contributed by atoms with Crippen molar-refractivity contribution in [2.75, 3.05) is 20.3 Å². The first-order valence-corrected chi connectivity index (χ1v) is 7.80. The van der Waals surface area contributed by atoms with Crippen LogP contribution in [0.3, 0.4) is 0 Å². The summed E-state index contributed by atoms with van der Waals surface area (Å²) in [6.07, 6.45) is 0. The van der Waals surface area contributed by atoms with Crippen LogP contribution in [0.15, 0.2) is 29.5 Å². The average molecular weight is 365 g/mol. The average Bonchev–Trinajstić information content (AvgIpc) is 2.59. The molecule has 0 aliphatic carbocycles. The van der Waals surface area contributed by atoms with E-state index in [1.165, 1.54) is 25.3 Å². The number of nitro groups is 1. The number of nitro benzene ring substituents is 1. The van der Waals surface area contributed by atoms with Crippen molar-refractivity contribution in [3.05, 3.63) is 39.6 Å². The molecule has 2 amide bonds. The molecule has 0 aromatic heterocycles. The van der Waals surface area contributed by atoms with Crippen molar-refractivity contribution in [1.82, 2.24) is 10.6 Å². The second kappa shape index (κ2) is 8.19. The van der Waals surface area contributed by atoms with Gasteiger partial charge in [0.05, 0.1) is 42.0 Å². The molecule has 0 saturated heterocycles. The Kier molecular flexibility index (Phi) is 5.99. The van der Waals surface area contributed by atoms with Crippen molar-refractivity contribution >= 4 is 17.7 Å². The van der Waals surface area contributed by atoms with Crippen molar-refractivity contribution in [2.24, 2.45) is 0 Å². The van der Waals surface area contributed by atoms with Crippen LogP contribution < -0.4 is 20.1 Å². The third kappa shape index (κ3) is 4.21. The Bertz CT molecular complexity index is 760. The quantitative estimate of drug-likeness (QED) is 0.425. The number of amides is 2. The maximum atomic E-state index is 12.1. The van der Waals surface area contributed by atoms with Crippen LogP contribution in [-0.4, -0.2) is 43.3 Å². The van der Waals surface area contributed by atoms with Crippen LogP contribution in [0.25, 0.3) is 0 Å². The van der Waals surface area contributed by atoms with E-state index >= 15 is 0 Å². The molecule has 0 bridgehead atoms. The van der Waals surface area contributed by atoms with Gasteiger partial charge in [0.25, 0.3) is 0 Å². The fourth-order valence-electron chi connectivity index (χ4n) is 2.43. The molecule has 2 rings (SSSR count). The monoisotopic (exact) mass is 365 g/mol. The van der Waals surface area contributed by atoms with Crippen molar-refractivity contribution in [3.8, 4) is 11.5 Å². The van der Waals surface area contributed by atoms with Crippen LogP contribution in [0, 0.1) is 10.1 Å². The highest BCUT2D eigenvalue weighted by Crippen LogP contribution is 2.31. The summed E-state index contributed by atoms with van der Waals surface area (Å²) in [7, 11) is 1.39. The van der Waals surface area contributed by atoms with Gasteiger partial charge in [-0.3, -0.25) is 10.1 Å². The lowest BCUT2D eigenvalue weighted by Crippen LogP contribution is -2.50. The number of benzene rings is 1. The number of nitrogens with zero attached hydrogens (tertiary/aromatic N) is 1. The Balaban J connectivity index is 2.30. The number of nitrogens with one attached hydrogen (secondary N) is 2. The summed E-state index contributed by atoms with van der Waals surface area (Å²) in [5.74, 6) is -0.318. The SMILES string of the molecule is CCOC(=O)C1=C(COc2ccc(OC)cc2[N+](=O)[O-])NC(=O)N[C@@H]1C. The van der Waals surface area contributed by atoms with Gasteiger partial charge in [0, 0.05) is 0 Å². The van der Waals surface area contributed by atoms with Gasteiger partial charge in [-0.25, -0.2) is 9.59 Å². The van der Waals surface area contributed by atoms with Crippen molar-refractivity contribution < 1.29 is 28.7 Å². The standard InChI is InChI=1S/C16H19N3O7/c1-4-25-15(20)14-9(2)17-16(21)18-11(14)8-26-13-6-5-10(24-3)7-12(13)19(22)23/h5-7,9H,4,8H2,1-3H3,(H2,17,18,21)/t9-/m1/s1. The Morgan fingerprint density at radius 2 is 2.12 bits per heavy atom. The number of hydrogen-bond acceptors (Lipinski definition) is 7. The molecule has 0 unspecified atom stereocenters. The van der Waals surface area contributed by atoms with E-state index in [9.17, 15) is 19.7 Å². The fraction of sp³-hybridized carbons (Fsp3) is 0.375. The lowest BCUT2D eigenvalue weighted by Gasteiger charge is -2.26. The first-order valence-electron chi connectivity index (χ1n) is 7.80. The predicted octanol–water partition coefficient (Wildman–Crippen LogP) is 1.50. The van der Waals surface area contributed by atoms with Crippen LogP contribution in [0.5, 0.6) is 11.5 Å². The maximum Gasteiger partial charge on any atom is 0.338 e. The number of urea groups is 1. The molecule has 1 aromatic carbocycles. The van der Waals surface area contributed by atoms with Gasteiger partial charge in [0.15, 0.2) is 5.75 Å². The number of hydrogen-bond donors (Lipinski definition) is 2. The normalized spacial score (nSPS) is 16.4. The molecule has 1 aliphatic heterocycles. The summed E-state index contributed by atoms with van der Waals surface area (Å²) in [5, 5.41) is 16.2. The number of esters is 1. The molecule has 26 heavy (non-hydrogen) atoms. The van der Waals surface area contributed by atoms with Gasteiger partial charge in [0.1, 0.15) is 12.4 Å². The van der Waals surface area contributed by atoms with Gasteiger partial charge < -0.3 is 24.8 Å². The molecule has 1 aromatic rings. The van der Waals surface area contributed by atoms with E-state index in [1.807, 2.05) is 0 Å². The Morgan fingerprint density at radius 1 is 1.38 bits per heavy atom. The van der Waals surface area contributed by atoms with Gasteiger partial charge in [0.2, 0.25) is 0 Å². The van der Waals surface area contributed by atoms with E-state index in [1.54, 1.807) is 13.8 Å². The molecule has 0 fully saturated rings. The van der Waals surface area contributed by atoms with Crippen LogP contribution in [0.4, 0.5) is 10.5 Å². The number of carbonyl (C=O) groups excluding carboxylic acids is 2. The summed E-state index contributed by atoms with van der Waals surface area (Å²) in [6, 6.07) is 3.01. The summed E-state index contributed by atoms with van der Waals surface area (Å²) in [4.78, 5) is 34.4. The molecule has 10 heteroatoms. The van der Waals surface area contributed by atoms with Crippen LogP contribution in [-0.2, 0) is 9.53 Å². The van der Waals surface area contributed by atoms with Crippen LogP contribution in [0.2, 0.25) is 0 Å². The van der Waals surface area contributed by atoms with Crippen LogP contribution >= 0.6 is 0 Å². The molecule has 0 spiro atoms. The summed E-state index contributed by atoms with van der Waals surface area (Å²) in [5.41, 5.74) is 0.0865. The zero-order valence-electron chi connectivity index (χ0n) is 14.5. The minimum Gasteiger partial charge on any atom is -0.496 e. The topological polar surface area (TPSA) is 129 Å². The number of ether oxygens (including phenoxy) is 3. The maximum absolute atomic E-state index is 12.1. The molecule has 2 N–H and O–H groups in total. The smallest absolute Gasteiger partial charge is 0.338 e. The van der Waals surface area contributed by atoms with Gasteiger partial charge in [-0.2, -0.15) is 0 Å². The van der Waals surface area contributed by atoms with Crippen molar-refractivity contribution in [3.63, 3.8) is 0 Å². The minimum atomic E-state index is -0.609. The largest absolute Gasteiger partial charge is 0.496 e. The second-order valence-electron chi connectivity index (χ2n) is 5.31. The first-order chi connectivity index (χ1) is 12.4. The third-order valence-electron chi connectivity index (χ3n) is 3.60. The Morgan fingerprint density at radius 3 is 2.73 bits per heavy atom. The minimum absolute atomic E-state index is 0.0213. The molecule has 1 heterocycles. The number of rotatable bonds is 7. The third-order valence-corrected chi connectivity index (χ3v) is 3.60. The van der Waals surface area contributed by atoms with Gasteiger partial charge >= 0.3 is 17.7 Å². The van der Waals surface area contributed by atoms with Gasteiger partial charge in [-0.05, 0) is 26.0 Å². The molecule has 0 saturated carbocycles. The second-order valence-corrected chi connectivity index (χ2v) is 5.31. The zero-order chi connectivity index (χ0) is 19.3. The zero-order valence-corrected chi connectivity index (χ0v) is 14.5. The molecular formula is C16H19N3O7. The van der Waals surface area contributed by atoms with E-state index in [0.29, 0.717) is 5.75 Å². The van der Waals surface area contributed by atoms with Crippen molar-refractivity contribution in [2.45, 2.75) is 19.9 Å². The van der Waals surface area contributed by atoms with Gasteiger partial charge in [-0.15, -0.1) is 0 Å². The Labute approximate surface area is 149 Å². The first kappa shape index (κ1) is 19.0. The summed E-state index contributed by atoms with van der Waals surface area (Å²) < 4.78 is 15.4. The van der Waals surface area contributed by atoms with E-state index in [-0.39, 0.29) is 35.9 Å². The molecule has 0 radical (unpaired) electrons. The van der Waals surface area contributed by atoms with E-state index < -0.39 is 23.0 Å². The van der Waals surface area contributed by atoms with Gasteiger partial charge in [-0.1, -0.05) is 0 Å². The molecule has 1 atom stereocenters. The van der Waals surface area contributed by atoms with Crippen molar-refractivity contribution in [1.29, 1.82) is 0 Å². The van der Waals surface area contributed by atoms with Crippen LogP contribution in [0.1, 0.15) is 13.8 Å². The molecule has 1 aliphatic rings. The highest BCUT2D eigenvalue weighted by atomic mass is 16.6. The predicted molar refractivity (Wildman–Crippen MR) is 89.9 cm³/mol. The van der Waals surface area contributed by atoms with E-state index in [0.717, 1.165) is 0 Å². The summed E-state index contributed by atoms with van der Waals surface area (Å²) >= 11 is 0.